The first kappa shape index (κ1) is 14.8. The fourth-order valence-electron chi connectivity index (χ4n) is 1.73. The van der Waals surface area contributed by atoms with Crippen molar-refractivity contribution in [2.75, 3.05) is 0 Å². The van der Waals surface area contributed by atoms with Gasteiger partial charge in [-0.15, -0.1) is 0 Å². The van der Waals surface area contributed by atoms with Crippen molar-refractivity contribution in [1.29, 1.82) is 0 Å². The number of hydrogen-bond acceptors (Lipinski definition) is 1. The Morgan fingerprint density at radius 1 is 1.11 bits per heavy atom. The molecule has 0 aliphatic rings. The molecular formula is C11H11F6N. The van der Waals surface area contributed by atoms with Crippen molar-refractivity contribution in [3.05, 3.63) is 34.9 Å². The topological polar surface area (TPSA) is 26.0 Å². The van der Waals surface area contributed by atoms with E-state index in [-0.39, 0.29) is 6.42 Å². The zero-order chi connectivity index (χ0) is 14.1. The second-order valence-electron chi connectivity index (χ2n) is 3.74. The van der Waals surface area contributed by atoms with Crippen molar-refractivity contribution < 1.29 is 26.3 Å². The van der Waals surface area contributed by atoms with Crippen molar-refractivity contribution >= 4 is 0 Å². The van der Waals surface area contributed by atoms with Crippen LogP contribution in [0.4, 0.5) is 26.3 Å². The van der Waals surface area contributed by atoms with E-state index in [1.165, 1.54) is 6.92 Å². The van der Waals surface area contributed by atoms with Crippen LogP contribution < -0.4 is 5.73 Å². The van der Waals surface area contributed by atoms with Gasteiger partial charge in [0.2, 0.25) is 0 Å². The SMILES string of the molecule is CCc1c(C(N)C(F)(F)F)cccc1C(F)(F)F. The number of nitrogens with two attached hydrogens (primary N) is 1. The lowest BCUT2D eigenvalue weighted by Gasteiger charge is -2.21. The average molecular weight is 271 g/mol. The molecule has 0 radical (unpaired) electrons. The molecule has 0 aromatic heterocycles. The highest BCUT2D eigenvalue weighted by Crippen LogP contribution is 2.38. The van der Waals surface area contributed by atoms with Gasteiger partial charge in [0.15, 0.2) is 0 Å². The minimum atomic E-state index is -4.77. The number of halogens is 6. The Morgan fingerprint density at radius 2 is 1.67 bits per heavy atom. The summed E-state index contributed by atoms with van der Waals surface area (Å²) in [5.74, 6) is 0. The van der Waals surface area contributed by atoms with Gasteiger partial charge >= 0.3 is 12.4 Å². The van der Waals surface area contributed by atoms with Crippen LogP contribution in [0, 0.1) is 0 Å². The van der Waals surface area contributed by atoms with Gasteiger partial charge in [0, 0.05) is 0 Å². The molecule has 18 heavy (non-hydrogen) atoms. The Bertz CT molecular complexity index is 421. The molecule has 7 heteroatoms. The molecule has 1 aromatic rings. The van der Waals surface area contributed by atoms with Gasteiger partial charge in [-0.2, -0.15) is 26.3 Å². The second kappa shape index (κ2) is 4.79. The molecule has 0 spiro atoms. The summed E-state index contributed by atoms with van der Waals surface area (Å²) in [7, 11) is 0. The normalized spacial score (nSPS) is 14.7. The maximum atomic E-state index is 12.7. The molecule has 0 heterocycles. The van der Waals surface area contributed by atoms with Crippen LogP contribution in [-0.2, 0) is 12.6 Å². The third-order valence-electron chi connectivity index (χ3n) is 2.56. The zero-order valence-electron chi connectivity index (χ0n) is 9.36. The highest BCUT2D eigenvalue weighted by molar-refractivity contribution is 5.39. The predicted octanol–water partition coefficient (Wildman–Crippen LogP) is 3.83. The average Bonchev–Trinajstić information content (AvgIpc) is 2.24. The molecule has 2 N–H and O–H groups in total. The fourth-order valence-corrected chi connectivity index (χ4v) is 1.73. The van der Waals surface area contributed by atoms with Crippen LogP contribution >= 0.6 is 0 Å². The van der Waals surface area contributed by atoms with Gasteiger partial charge in [-0.05, 0) is 23.6 Å². The summed E-state index contributed by atoms with van der Waals surface area (Å²) < 4.78 is 75.4. The minimum Gasteiger partial charge on any atom is -0.316 e. The monoisotopic (exact) mass is 271 g/mol. The van der Waals surface area contributed by atoms with Crippen molar-refractivity contribution in [3.63, 3.8) is 0 Å². The van der Waals surface area contributed by atoms with Crippen molar-refractivity contribution in [3.8, 4) is 0 Å². The smallest absolute Gasteiger partial charge is 0.316 e. The Morgan fingerprint density at radius 3 is 2.06 bits per heavy atom. The summed E-state index contributed by atoms with van der Waals surface area (Å²) in [5.41, 5.74) is 2.97. The number of alkyl halides is 6. The van der Waals surface area contributed by atoms with E-state index in [1.54, 1.807) is 0 Å². The summed E-state index contributed by atoms with van der Waals surface area (Å²) in [5, 5.41) is 0. The highest BCUT2D eigenvalue weighted by atomic mass is 19.4. The largest absolute Gasteiger partial charge is 0.416 e. The predicted molar refractivity (Wildman–Crippen MR) is 53.8 cm³/mol. The lowest BCUT2D eigenvalue weighted by atomic mass is 9.93. The summed E-state index contributed by atoms with van der Waals surface area (Å²) in [4.78, 5) is 0. The first-order valence-corrected chi connectivity index (χ1v) is 5.10. The van der Waals surface area contributed by atoms with E-state index in [0.29, 0.717) is 0 Å². The van der Waals surface area contributed by atoms with Crippen LogP contribution in [0.25, 0.3) is 0 Å². The molecule has 0 amide bonds. The van der Waals surface area contributed by atoms with Crippen LogP contribution in [0.3, 0.4) is 0 Å². The van der Waals surface area contributed by atoms with E-state index in [4.69, 9.17) is 5.73 Å². The third-order valence-corrected chi connectivity index (χ3v) is 2.56. The second-order valence-corrected chi connectivity index (χ2v) is 3.74. The molecular weight excluding hydrogens is 260 g/mol. The molecule has 102 valence electrons. The molecule has 1 unspecified atom stereocenters. The molecule has 0 aliphatic carbocycles. The fraction of sp³-hybridized carbons (Fsp3) is 0.455. The van der Waals surface area contributed by atoms with Gasteiger partial charge < -0.3 is 5.73 Å². The van der Waals surface area contributed by atoms with Crippen LogP contribution in [0.5, 0.6) is 0 Å². The molecule has 0 fully saturated rings. The highest BCUT2D eigenvalue weighted by Gasteiger charge is 2.41. The summed E-state index contributed by atoms with van der Waals surface area (Å²) in [6.45, 7) is 1.36. The number of hydrogen-bond donors (Lipinski definition) is 1. The first-order chi connectivity index (χ1) is 8.09. The molecule has 0 bridgehead atoms. The Hall–Kier alpha value is -1.24. The van der Waals surface area contributed by atoms with Crippen molar-refractivity contribution in [1.82, 2.24) is 0 Å². The zero-order valence-corrected chi connectivity index (χ0v) is 9.36. The van der Waals surface area contributed by atoms with Crippen LogP contribution in [0.15, 0.2) is 18.2 Å². The molecule has 1 atom stereocenters. The Labute approximate surface area is 99.6 Å². The van der Waals surface area contributed by atoms with Crippen molar-refractivity contribution in [2.24, 2.45) is 5.73 Å². The van der Waals surface area contributed by atoms with Gasteiger partial charge in [-0.1, -0.05) is 19.1 Å². The van der Waals surface area contributed by atoms with Gasteiger partial charge in [0.1, 0.15) is 6.04 Å². The maximum Gasteiger partial charge on any atom is 0.416 e. The van der Waals surface area contributed by atoms with Gasteiger partial charge in [0.25, 0.3) is 0 Å². The van der Waals surface area contributed by atoms with Crippen LogP contribution in [0.1, 0.15) is 29.7 Å². The van der Waals surface area contributed by atoms with E-state index in [0.717, 1.165) is 18.2 Å². The lowest BCUT2D eigenvalue weighted by Crippen LogP contribution is -2.30. The lowest BCUT2D eigenvalue weighted by molar-refractivity contribution is -0.150. The van der Waals surface area contributed by atoms with Crippen LogP contribution in [0.2, 0.25) is 0 Å². The number of rotatable bonds is 2. The van der Waals surface area contributed by atoms with Crippen molar-refractivity contribution in [2.45, 2.75) is 31.7 Å². The molecule has 1 rings (SSSR count). The Kier molecular flexibility index (Phi) is 3.95. The molecule has 0 aliphatic heterocycles. The van der Waals surface area contributed by atoms with E-state index < -0.39 is 35.1 Å². The van der Waals surface area contributed by atoms with Crippen LogP contribution in [-0.4, -0.2) is 6.18 Å². The summed E-state index contributed by atoms with van der Waals surface area (Å²) in [6, 6.07) is 0.260. The quantitative estimate of drug-likeness (QED) is 0.813. The standard InChI is InChI=1S/C11H11F6N/c1-2-6-7(9(18)11(15,16)17)4-3-5-8(6)10(12,13)14/h3-5,9H,2,18H2,1H3. The molecule has 1 aromatic carbocycles. The Balaban J connectivity index is 3.39. The molecule has 1 nitrogen and oxygen atoms in total. The van der Waals surface area contributed by atoms with Gasteiger partial charge in [-0.3, -0.25) is 0 Å². The molecule has 0 saturated heterocycles. The van der Waals surface area contributed by atoms with E-state index >= 15 is 0 Å². The maximum absolute atomic E-state index is 12.7. The number of benzene rings is 1. The summed E-state index contributed by atoms with van der Waals surface area (Å²) >= 11 is 0. The van der Waals surface area contributed by atoms with E-state index in [1.807, 2.05) is 0 Å². The third kappa shape index (κ3) is 2.95. The summed E-state index contributed by atoms with van der Waals surface area (Å²) in [6.07, 6.45) is -9.63. The van der Waals surface area contributed by atoms with Gasteiger partial charge in [-0.25, -0.2) is 0 Å². The minimum absolute atomic E-state index is 0.172. The van der Waals surface area contributed by atoms with E-state index in [2.05, 4.69) is 0 Å². The first-order valence-electron chi connectivity index (χ1n) is 5.10. The van der Waals surface area contributed by atoms with Gasteiger partial charge in [0.05, 0.1) is 5.56 Å². The van der Waals surface area contributed by atoms with E-state index in [9.17, 15) is 26.3 Å². The molecule has 0 saturated carbocycles.